The Morgan fingerprint density at radius 2 is 2.18 bits per heavy atom. The summed E-state index contributed by atoms with van der Waals surface area (Å²) in [5.74, 6) is -0.173. The highest BCUT2D eigenvalue weighted by atomic mass is 32.2. The minimum absolute atomic E-state index is 0.406. The molecule has 2 unspecified atom stereocenters. The van der Waals surface area contributed by atoms with Gasteiger partial charge in [0.25, 0.3) is 0 Å². The Morgan fingerprint density at radius 3 is 2.65 bits per heavy atom. The van der Waals surface area contributed by atoms with Crippen LogP contribution in [0.1, 0.15) is 13.3 Å². The van der Waals surface area contributed by atoms with Crippen molar-refractivity contribution in [3.05, 3.63) is 18.2 Å². The maximum Gasteiger partial charge on any atom is 0.233 e. The van der Waals surface area contributed by atoms with Gasteiger partial charge in [-0.25, -0.2) is 0 Å². The van der Waals surface area contributed by atoms with Crippen molar-refractivity contribution in [3.63, 3.8) is 0 Å². The molecule has 0 aliphatic heterocycles. The monoisotopic (exact) mass is 256 g/mol. The van der Waals surface area contributed by atoms with Crippen LogP contribution < -0.4 is 16.2 Å². The molecule has 0 spiro atoms. The molecular weight excluding hydrogens is 240 g/mol. The van der Waals surface area contributed by atoms with Gasteiger partial charge in [0, 0.05) is 11.8 Å². The number of primary amides is 1. The molecule has 0 aliphatic rings. The van der Waals surface area contributed by atoms with E-state index in [4.69, 9.17) is 16.2 Å². The van der Waals surface area contributed by atoms with Crippen LogP contribution in [-0.2, 0) is 15.6 Å². The molecule has 17 heavy (non-hydrogen) atoms. The van der Waals surface area contributed by atoms with Crippen molar-refractivity contribution in [2.24, 2.45) is 5.73 Å². The summed E-state index contributed by atoms with van der Waals surface area (Å²) in [6, 6.07) is 4.78. The number of anilines is 1. The van der Waals surface area contributed by atoms with E-state index >= 15 is 0 Å². The van der Waals surface area contributed by atoms with Crippen molar-refractivity contribution >= 4 is 22.4 Å². The van der Waals surface area contributed by atoms with E-state index in [1.807, 2.05) is 0 Å². The molecule has 1 aromatic carbocycles. The highest BCUT2D eigenvalue weighted by Gasteiger charge is 2.24. The fourth-order valence-corrected chi connectivity index (χ4v) is 2.82. The Kier molecular flexibility index (Phi) is 4.51. The Morgan fingerprint density at radius 1 is 1.53 bits per heavy atom. The third-order valence-electron chi connectivity index (χ3n) is 2.35. The molecular formula is C11H16N2O3S. The molecule has 1 amide bonds. The molecule has 0 aliphatic carbocycles. The smallest absolute Gasteiger partial charge is 0.233 e. The summed E-state index contributed by atoms with van der Waals surface area (Å²) in [4.78, 5) is 11.6. The Labute approximate surface area is 103 Å². The minimum Gasteiger partial charge on any atom is -0.495 e. The number of ether oxygens (including phenoxy) is 1. The van der Waals surface area contributed by atoms with Crippen LogP contribution in [0, 0.1) is 0 Å². The van der Waals surface area contributed by atoms with Crippen LogP contribution in [0.4, 0.5) is 5.69 Å². The Bertz CT molecular complexity index is 448. The van der Waals surface area contributed by atoms with Gasteiger partial charge in [-0.2, -0.15) is 0 Å². The third-order valence-corrected chi connectivity index (χ3v) is 4.20. The van der Waals surface area contributed by atoms with E-state index in [-0.39, 0.29) is 0 Å². The summed E-state index contributed by atoms with van der Waals surface area (Å²) < 4.78 is 17.3. The first kappa shape index (κ1) is 13.5. The van der Waals surface area contributed by atoms with Crippen LogP contribution in [0.15, 0.2) is 23.1 Å². The van der Waals surface area contributed by atoms with Gasteiger partial charge in [-0.1, -0.05) is 6.92 Å². The second kappa shape index (κ2) is 5.67. The van der Waals surface area contributed by atoms with Gasteiger partial charge in [0.2, 0.25) is 5.91 Å². The van der Waals surface area contributed by atoms with Crippen molar-refractivity contribution in [3.8, 4) is 5.75 Å². The van der Waals surface area contributed by atoms with Gasteiger partial charge >= 0.3 is 0 Å². The molecule has 0 bridgehead atoms. The number of hydrogen-bond donors (Lipinski definition) is 2. The number of nitrogen functional groups attached to an aromatic ring is 1. The van der Waals surface area contributed by atoms with Crippen LogP contribution in [0.5, 0.6) is 5.75 Å². The van der Waals surface area contributed by atoms with Gasteiger partial charge in [-0.3, -0.25) is 9.00 Å². The predicted molar refractivity (Wildman–Crippen MR) is 67.1 cm³/mol. The number of methoxy groups -OCH3 is 1. The second-order valence-corrected chi connectivity index (χ2v) is 5.11. The standard InChI is InChI=1S/C11H16N2O3S/c1-3-9(11(13)14)17(15)10-5-4-7(12)6-8(10)16-2/h4-6,9H,3,12H2,1-2H3,(H2,13,14). The number of carbonyl (C=O) groups is 1. The number of amides is 1. The molecule has 0 saturated heterocycles. The van der Waals surface area contributed by atoms with Crippen molar-refractivity contribution in [1.29, 1.82) is 0 Å². The van der Waals surface area contributed by atoms with E-state index in [1.54, 1.807) is 25.1 Å². The van der Waals surface area contributed by atoms with E-state index in [2.05, 4.69) is 0 Å². The average molecular weight is 256 g/mol. The number of hydrogen-bond acceptors (Lipinski definition) is 4. The summed E-state index contributed by atoms with van der Waals surface area (Å²) in [6.45, 7) is 1.76. The van der Waals surface area contributed by atoms with Crippen molar-refractivity contribution in [1.82, 2.24) is 0 Å². The lowest BCUT2D eigenvalue weighted by atomic mass is 10.3. The number of benzene rings is 1. The fraction of sp³-hybridized carbons (Fsp3) is 0.364. The van der Waals surface area contributed by atoms with E-state index in [0.29, 0.717) is 22.8 Å². The highest BCUT2D eigenvalue weighted by Crippen LogP contribution is 2.27. The highest BCUT2D eigenvalue weighted by molar-refractivity contribution is 7.86. The molecule has 0 aromatic heterocycles. The fourth-order valence-electron chi connectivity index (χ4n) is 1.46. The molecule has 0 fully saturated rings. The molecule has 5 nitrogen and oxygen atoms in total. The maximum absolute atomic E-state index is 12.2. The molecule has 0 saturated carbocycles. The van der Waals surface area contributed by atoms with Gasteiger partial charge in [0.1, 0.15) is 11.0 Å². The van der Waals surface area contributed by atoms with Crippen molar-refractivity contribution in [2.45, 2.75) is 23.5 Å². The van der Waals surface area contributed by atoms with Crippen LogP contribution >= 0.6 is 0 Å². The zero-order valence-corrected chi connectivity index (χ0v) is 10.6. The van der Waals surface area contributed by atoms with E-state index < -0.39 is 22.0 Å². The predicted octanol–water partition coefficient (Wildman–Crippen LogP) is 0.649. The normalized spacial score (nSPS) is 14.0. The lowest BCUT2D eigenvalue weighted by Crippen LogP contribution is -2.32. The van der Waals surface area contributed by atoms with Crippen LogP contribution in [0.25, 0.3) is 0 Å². The Balaban J connectivity index is 3.15. The molecule has 0 radical (unpaired) electrons. The van der Waals surface area contributed by atoms with Gasteiger partial charge < -0.3 is 16.2 Å². The van der Waals surface area contributed by atoms with E-state index in [0.717, 1.165) is 0 Å². The third kappa shape index (κ3) is 2.97. The van der Waals surface area contributed by atoms with Crippen molar-refractivity contribution in [2.75, 3.05) is 12.8 Å². The van der Waals surface area contributed by atoms with Gasteiger partial charge in [-0.05, 0) is 18.6 Å². The van der Waals surface area contributed by atoms with Gasteiger partial charge in [0.15, 0.2) is 0 Å². The second-order valence-electron chi connectivity index (χ2n) is 3.51. The summed E-state index contributed by atoms with van der Waals surface area (Å²) in [7, 11) is -0.0671. The molecule has 4 N–H and O–H groups in total. The zero-order valence-electron chi connectivity index (χ0n) is 9.80. The number of nitrogens with two attached hydrogens (primary N) is 2. The minimum atomic E-state index is -1.53. The topological polar surface area (TPSA) is 95.4 Å². The summed E-state index contributed by atoms with van der Waals surface area (Å²) >= 11 is 0. The van der Waals surface area contributed by atoms with Gasteiger partial charge in [0.05, 0.1) is 22.8 Å². The van der Waals surface area contributed by atoms with E-state index in [9.17, 15) is 9.00 Å². The van der Waals surface area contributed by atoms with Crippen LogP contribution in [0.2, 0.25) is 0 Å². The molecule has 1 rings (SSSR count). The van der Waals surface area contributed by atoms with Crippen LogP contribution in [-0.4, -0.2) is 22.5 Å². The molecule has 94 valence electrons. The quantitative estimate of drug-likeness (QED) is 0.756. The first-order chi connectivity index (χ1) is 8.01. The molecule has 1 aromatic rings. The number of rotatable bonds is 5. The SMILES string of the molecule is CCC(C(N)=O)S(=O)c1ccc(N)cc1OC. The van der Waals surface area contributed by atoms with Gasteiger partial charge in [-0.15, -0.1) is 0 Å². The first-order valence-electron chi connectivity index (χ1n) is 5.14. The van der Waals surface area contributed by atoms with Crippen molar-refractivity contribution < 1.29 is 13.7 Å². The summed E-state index contributed by atoms with van der Waals surface area (Å²) in [6.07, 6.45) is 0.412. The largest absolute Gasteiger partial charge is 0.495 e. The average Bonchev–Trinajstić information content (AvgIpc) is 2.28. The Hall–Kier alpha value is -1.56. The lowest BCUT2D eigenvalue weighted by molar-refractivity contribution is -0.117. The summed E-state index contributed by atoms with van der Waals surface area (Å²) in [5.41, 5.74) is 11.3. The molecule has 2 atom stereocenters. The zero-order chi connectivity index (χ0) is 13.0. The summed E-state index contributed by atoms with van der Waals surface area (Å²) in [5, 5.41) is -0.715. The van der Waals surface area contributed by atoms with Crippen LogP contribution in [0.3, 0.4) is 0 Å². The molecule has 0 heterocycles. The van der Waals surface area contributed by atoms with E-state index in [1.165, 1.54) is 7.11 Å². The molecule has 6 heteroatoms. The lowest BCUT2D eigenvalue weighted by Gasteiger charge is -2.14. The maximum atomic E-state index is 12.2. The first-order valence-corrected chi connectivity index (χ1v) is 6.36. The number of carbonyl (C=O) groups excluding carboxylic acids is 1.